The van der Waals surface area contributed by atoms with Gasteiger partial charge < -0.3 is 5.32 Å². The summed E-state index contributed by atoms with van der Waals surface area (Å²) in [6.45, 7) is 6.41. The number of rotatable bonds is 6. The van der Waals surface area contributed by atoms with Gasteiger partial charge in [-0.2, -0.15) is 0 Å². The molecule has 1 aromatic heterocycles. The molecule has 0 unspecified atom stereocenters. The third-order valence-electron chi connectivity index (χ3n) is 4.95. The molecule has 0 radical (unpaired) electrons. The first-order valence-corrected chi connectivity index (χ1v) is 9.48. The zero-order valence-electron chi connectivity index (χ0n) is 16.4. The maximum absolute atomic E-state index is 12.4. The van der Waals surface area contributed by atoms with Crippen molar-refractivity contribution in [2.45, 2.75) is 45.7 Å². The topological polar surface area (TPSA) is 84.0 Å². The van der Waals surface area contributed by atoms with E-state index in [0.29, 0.717) is 16.8 Å². The van der Waals surface area contributed by atoms with E-state index in [9.17, 15) is 14.4 Å². The Balaban J connectivity index is 1.68. The average molecular weight is 379 g/mol. The Morgan fingerprint density at radius 3 is 2.32 bits per heavy atom. The third-order valence-corrected chi connectivity index (χ3v) is 4.95. The number of carbonyl (C=O) groups is 1. The molecule has 0 spiro atoms. The van der Waals surface area contributed by atoms with Gasteiger partial charge in [0.1, 0.15) is 0 Å². The molecule has 0 aliphatic carbocycles. The number of fused-ring (bicyclic) bond motifs is 1. The van der Waals surface area contributed by atoms with E-state index in [1.54, 1.807) is 24.3 Å². The Hall–Kier alpha value is -3.15. The van der Waals surface area contributed by atoms with Crippen molar-refractivity contribution in [2.24, 2.45) is 0 Å². The van der Waals surface area contributed by atoms with Crippen LogP contribution in [0.5, 0.6) is 0 Å². The molecule has 0 fully saturated rings. The number of para-hydroxylation sites is 1. The first-order valence-electron chi connectivity index (χ1n) is 9.48. The van der Waals surface area contributed by atoms with Crippen LogP contribution in [0.2, 0.25) is 0 Å². The van der Waals surface area contributed by atoms with Crippen molar-refractivity contribution in [1.29, 1.82) is 0 Å². The third kappa shape index (κ3) is 4.22. The van der Waals surface area contributed by atoms with E-state index in [1.807, 2.05) is 19.1 Å². The van der Waals surface area contributed by atoms with E-state index < -0.39 is 11.2 Å². The number of hydrogen-bond donors (Lipinski definition) is 2. The van der Waals surface area contributed by atoms with E-state index in [4.69, 9.17) is 0 Å². The smallest absolute Gasteiger partial charge is 0.328 e. The van der Waals surface area contributed by atoms with Crippen LogP contribution < -0.4 is 16.6 Å². The largest absolute Gasteiger partial charge is 0.350 e. The summed E-state index contributed by atoms with van der Waals surface area (Å²) in [5, 5.41) is 3.40. The SMILES string of the molecule is CC(C)c1ccc([C@H](C)NC(=O)CCn2c(=O)[nH]c(=O)c3ccccc32)cc1. The number of hydrogen-bond acceptors (Lipinski definition) is 3. The van der Waals surface area contributed by atoms with Crippen molar-refractivity contribution < 1.29 is 4.79 Å². The number of benzene rings is 2. The van der Waals surface area contributed by atoms with E-state index in [-0.39, 0.29) is 24.9 Å². The number of carbonyl (C=O) groups excluding carboxylic acids is 1. The Morgan fingerprint density at radius 2 is 1.64 bits per heavy atom. The first-order chi connectivity index (χ1) is 13.4. The summed E-state index contributed by atoms with van der Waals surface area (Å²) >= 11 is 0. The highest BCUT2D eigenvalue weighted by atomic mass is 16.2. The van der Waals surface area contributed by atoms with E-state index in [2.05, 4.69) is 36.3 Å². The normalized spacial score (nSPS) is 12.3. The second-order valence-corrected chi connectivity index (χ2v) is 7.29. The van der Waals surface area contributed by atoms with E-state index in [1.165, 1.54) is 10.1 Å². The second kappa shape index (κ2) is 8.25. The number of aryl methyl sites for hydroxylation is 1. The molecule has 6 heteroatoms. The number of amides is 1. The Labute approximate surface area is 163 Å². The number of nitrogens with one attached hydrogen (secondary N) is 2. The molecule has 146 valence electrons. The molecule has 0 aliphatic heterocycles. The van der Waals surface area contributed by atoms with Gasteiger partial charge in [-0.3, -0.25) is 19.1 Å². The lowest BCUT2D eigenvalue weighted by Gasteiger charge is -2.16. The molecule has 0 aliphatic rings. The molecule has 2 N–H and O–H groups in total. The molecule has 6 nitrogen and oxygen atoms in total. The van der Waals surface area contributed by atoms with Crippen molar-refractivity contribution in [2.75, 3.05) is 0 Å². The summed E-state index contributed by atoms with van der Waals surface area (Å²) in [6, 6.07) is 15.0. The minimum Gasteiger partial charge on any atom is -0.350 e. The van der Waals surface area contributed by atoms with Crippen molar-refractivity contribution in [3.05, 3.63) is 80.5 Å². The van der Waals surface area contributed by atoms with Crippen LogP contribution in [0.4, 0.5) is 0 Å². The van der Waals surface area contributed by atoms with Gasteiger partial charge in [-0.1, -0.05) is 50.2 Å². The number of nitrogens with zero attached hydrogens (tertiary/aromatic N) is 1. The highest BCUT2D eigenvalue weighted by Crippen LogP contribution is 2.18. The summed E-state index contributed by atoms with van der Waals surface area (Å²) in [6.07, 6.45) is 0.143. The van der Waals surface area contributed by atoms with Gasteiger partial charge in [0.15, 0.2) is 0 Å². The fourth-order valence-electron chi connectivity index (χ4n) is 3.24. The molecule has 1 atom stereocenters. The van der Waals surface area contributed by atoms with Gasteiger partial charge in [-0.15, -0.1) is 0 Å². The van der Waals surface area contributed by atoms with Crippen LogP contribution in [0.25, 0.3) is 10.9 Å². The van der Waals surface area contributed by atoms with Crippen molar-refractivity contribution in [1.82, 2.24) is 14.9 Å². The van der Waals surface area contributed by atoms with Gasteiger partial charge >= 0.3 is 5.69 Å². The maximum Gasteiger partial charge on any atom is 0.328 e. The number of aromatic amines is 1. The summed E-state index contributed by atoms with van der Waals surface area (Å²) in [5.41, 5.74) is 1.89. The highest BCUT2D eigenvalue weighted by Gasteiger charge is 2.12. The Morgan fingerprint density at radius 1 is 1.00 bits per heavy atom. The second-order valence-electron chi connectivity index (χ2n) is 7.29. The van der Waals surface area contributed by atoms with Crippen LogP contribution in [0, 0.1) is 0 Å². The monoisotopic (exact) mass is 379 g/mol. The van der Waals surface area contributed by atoms with Crippen molar-refractivity contribution >= 4 is 16.8 Å². The molecule has 1 amide bonds. The lowest BCUT2D eigenvalue weighted by Crippen LogP contribution is -2.33. The van der Waals surface area contributed by atoms with E-state index in [0.717, 1.165) is 5.56 Å². The molecular weight excluding hydrogens is 354 g/mol. The number of H-pyrrole nitrogens is 1. The summed E-state index contributed by atoms with van der Waals surface area (Å²) < 4.78 is 1.43. The van der Waals surface area contributed by atoms with Crippen LogP contribution in [-0.2, 0) is 11.3 Å². The zero-order valence-corrected chi connectivity index (χ0v) is 16.4. The fourth-order valence-corrected chi connectivity index (χ4v) is 3.24. The molecule has 0 saturated carbocycles. The lowest BCUT2D eigenvalue weighted by atomic mass is 9.99. The van der Waals surface area contributed by atoms with Crippen LogP contribution in [-0.4, -0.2) is 15.5 Å². The van der Waals surface area contributed by atoms with Crippen LogP contribution >= 0.6 is 0 Å². The van der Waals surface area contributed by atoms with Gasteiger partial charge in [0.05, 0.1) is 16.9 Å². The highest BCUT2D eigenvalue weighted by molar-refractivity contribution is 5.79. The predicted octanol–water partition coefficient (Wildman–Crippen LogP) is 3.08. The predicted molar refractivity (Wildman–Crippen MR) is 111 cm³/mol. The van der Waals surface area contributed by atoms with Gasteiger partial charge in [0.25, 0.3) is 5.56 Å². The van der Waals surface area contributed by atoms with Crippen LogP contribution in [0.1, 0.15) is 50.3 Å². The number of aromatic nitrogens is 2. The van der Waals surface area contributed by atoms with Crippen molar-refractivity contribution in [3.8, 4) is 0 Å². The van der Waals surface area contributed by atoms with Gasteiger partial charge in [0, 0.05) is 13.0 Å². The summed E-state index contributed by atoms with van der Waals surface area (Å²) in [5.74, 6) is 0.312. The summed E-state index contributed by atoms with van der Waals surface area (Å²) in [7, 11) is 0. The summed E-state index contributed by atoms with van der Waals surface area (Å²) in [4.78, 5) is 38.8. The lowest BCUT2D eigenvalue weighted by molar-refractivity contribution is -0.121. The minimum atomic E-state index is -0.506. The molecule has 0 saturated heterocycles. The van der Waals surface area contributed by atoms with E-state index >= 15 is 0 Å². The van der Waals surface area contributed by atoms with Gasteiger partial charge in [-0.05, 0) is 36.1 Å². The zero-order chi connectivity index (χ0) is 20.3. The Bertz CT molecular complexity index is 1090. The molecule has 3 aromatic rings. The Kier molecular flexibility index (Phi) is 5.78. The molecule has 0 bridgehead atoms. The minimum absolute atomic E-state index is 0.127. The quantitative estimate of drug-likeness (QED) is 0.690. The molecule has 3 rings (SSSR count). The van der Waals surface area contributed by atoms with Crippen LogP contribution in [0.15, 0.2) is 58.1 Å². The standard InChI is InChI=1S/C22H25N3O3/c1-14(2)16-8-10-17(11-9-16)15(3)23-20(26)12-13-25-19-7-5-4-6-18(19)21(27)24-22(25)28/h4-11,14-15H,12-13H2,1-3H3,(H,23,26)(H,24,27,28)/t15-/m0/s1. The first kappa shape index (κ1) is 19.6. The van der Waals surface area contributed by atoms with Gasteiger partial charge in [-0.25, -0.2) is 4.79 Å². The van der Waals surface area contributed by atoms with Crippen molar-refractivity contribution in [3.63, 3.8) is 0 Å². The molecular formula is C22H25N3O3. The molecule has 2 aromatic carbocycles. The average Bonchev–Trinajstić information content (AvgIpc) is 2.67. The maximum atomic E-state index is 12.4. The fraction of sp³-hybridized carbons (Fsp3) is 0.318. The molecule has 1 heterocycles. The van der Waals surface area contributed by atoms with Crippen LogP contribution in [0.3, 0.4) is 0 Å². The molecule has 28 heavy (non-hydrogen) atoms. The van der Waals surface area contributed by atoms with Gasteiger partial charge in [0.2, 0.25) is 5.91 Å².